The first-order valence-electron chi connectivity index (χ1n) is 8.50. The molecule has 2 aromatic rings. The van der Waals surface area contributed by atoms with Crippen molar-refractivity contribution in [1.82, 2.24) is 20.1 Å². The van der Waals surface area contributed by atoms with Crippen LogP contribution in [-0.4, -0.2) is 37.9 Å². The zero-order valence-corrected chi connectivity index (χ0v) is 14.7. The van der Waals surface area contributed by atoms with E-state index in [4.69, 9.17) is 0 Å². The van der Waals surface area contributed by atoms with E-state index in [1.165, 1.54) is 16.8 Å². The van der Waals surface area contributed by atoms with Gasteiger partial charge in [0.1, 0.15) is 11.6 Å². The van der Waals surface area contributed by atoms with Crippen molar-refractivity contribution in [3.63, 3.8) is 0 Å². The molecule has 0 aliphatic heterocycles. The molecule has 134 valence electrons. The zero-order valence-electron chi connectivity index (χ0n) is 14.7. The lowest BCUT2D eigenvalue weighted by Crippen LogP contribution is -2.51. The highest BCUT2D eigenvalue weighted by Crippen LogP contribution is 2.39. The molecular formula is C18H23FN4O2. The lowest BCUT2D eigenvalue weighted by atomic mass is 9.97. The van der Waals surface area contributed by atoms with E-state index in [0.717, 1.165) is 12.8 Å². The summed E-state index contributed by atoms with van der Waals surface area (Å²) in [4.78, 5) is 17.0. The van der Waals surface area contributed by atoms with Crippen LogP contribution in [0.3, 0.4) is 0 Å². The maximum atomic E-state index is 13.5. The molecule has 7 heteroatoms. The molecule has 3 rings (SSSR count). The SMILES string of the molecule is CC(C)c1nc(C(=O)NC(C)(CO)C2CC2)nn1-c1cccc(F)c1. The highest BCUT2D eigenvalue weighted by molar-refractivity contribution is 5.91. The molecule has 1 atom stereocenters. The predicted octanol–water partition coefficient (Wildman–Crippen LogP) is 2.42. The molecule has 6 nitrogen and oxygen atoms in total. The summed E-state index contributed by atoms with van der Waals surface area (Å²) in [5, 5.41) is 16.8. The van der Waals surface area contributed by atoms with Gasteiger partial charge in [-0.15, -0.1) is 5.10 Å². The molecule has 0 spiro atoms. The van der Waals surface area contributed by atoms with Gasteiger partial charge in [0, 0.05) is 5.92 Å². The van der Waals surface area contributed by atoms with Crippen LogP contribution in [0.1, 0.15) is 56.0 Å². The van der Waals surface area contributed by atoms with E-state index in [1.807, 2.05) is 20.8 Å². The summed E-state index contributed by atoms with van der Waals surface area (Å²) in [5.41, 5.74) is -0.151. The van der Waals surface area contributed by atoms with Gasteiger partial charge < -0.3 is 10.4 Å². The number of rotatable bonds is 6. The van der Waals surface area contributed by atoms with Crippen molar-refractivity contribution in [2.75, 3.05) is 6.61 Å². The third kappa shape index (κ3) is 3.56. The number of benzene rings is 1. The number of carbonyl (C=O) groups is 1. The minimum atomic E-state index is -0.667. The van der Waals surface area contributed by atoms with E-state index >= 15 is 0 Å². The fourth-order valence-corrected chi connectivity index (χ4v) is 2.90. The summed E-state index contributed by atoms with van der Waals surface area (Å²) < 4.78 is 15.0. The largest absolute Gasteiger partial charge is 0.394 e. The second-order valence-corrected chi connectivity index (χ2v) is 7.14. The van der Waals surface area contributed by atoms with Gasteiger partial charge in [0.05, 0.1) is 17.8 Å². The Morgan fingerprint density at radius 2 is 2.20 bits per heavy atom. The van der Waals surface area contributed by atoms with Gasteiger partial charge in [-0.1, -0.05) is 19.9 Å². The van der Waals surface area contributed by atoms with Crippen LogP contribution >= 0.6 is 0 Å². The van der Waals surface area contributed by atoms with Gasteiger partial charge in [0.15, 0.2) is 0 Å². The standard InChI is InChI=1S/C18H23FN4O2/c1-11(2)16-20-15(17(25)21-18(3,10-24)12-7-8-12)22-23(16)14-6-4-5-13(19)9-14/h4-6,9,11-12,24H,7-8,10H2,1-3H3,(H,21,25). The van der Waals surface area contributed by atoms with Crippen LogP contribution in [0.5, 0.6) is 0 Å². The Balaban J connectivity index is 1.92. The first kappa shape index (κ1) is 17.5. The number of aliphatic hydroxyl groups is 1. The summed E-state index contributed by atoms with van der Waals surface area (Å²) in [6.07, 6.45) is 1.97. The predicted molar refractivity (Wildman–Crippen MR) is 91.1 cm³/mol. The van der Waals surface area contributed by atoms with E-state index < -0.39 is 11.4 Å². The van der Waals surface area contributed by atoms with Crippen molar-refractivity contribution in [3.8, 4) is 5.69 Å². The quantitative estimate of drug-likeness (QED) is 0.842. The summed E-state index contributed by atoms with van der Waals surface area (Å²) in [7, 11) is 0. The number of aliphatic hydroxyl groups excluding tert-OH is 1. The first-order chi connectivity index (χ1) is 11.8. The molecule has 1 heterocycles. The second kappa shape index (κ2) is 6.55. The van der Waals surface area contributed by atoms with Crippen molar-refractivity contribution in [3.05, 3.63) is 41.7 Å². The van der Waals surface area contributed by atoms with E-state index in [-0.39, 0.29) is 30.1 Å². The second-order valence-electron chi connectivity index (χ2n) is 7.14. The van der Waals surface area contributed by atoms with Gasteiger partial charge in [-0.25, -0.2) is 14.1 Å². The van der Waals surface area contributed by atoms with E-state index in [0.29, 0.717) is 11.5 Å². The van der Waals surface area contributed by atoms with Crippen LogP contribution in [0.15, 0.2) is 24.3 Å². The molecular weight excluding hydrogens is 323 g/mol. The smallest absolute Gasteiger partial charge is 0.291 e. The molecule has 2 N–H and O–H groups in total. The van der Waals surface area contributed by atoms with Crippen molar-refractivity contribution >= 4 is 5.91 Å². The maximum Gasteiger partial charge on any atom is 0.291 e. The Morgan fingerprint density at radius 1 is 1.48 bits per heavy atom. The summed E-state index contributed by atoms with van der Waals surface area (Å²) in [6.45, 7) is 5.56. The summed E-state index contributed by atoms with van der Waals surface area (Å²) in [5.74, 6) is 0.0678. The maximum absolute atomic E-state index is 13.5. The number of aromatic nitrogens is 3. The van der Waals surface area contributed by atoms with E-state index in [2.05, 4.69) is 15.4 Å². The van der Waals surface area contributed by atoms with Crippen LogP contribution in [0, 0.1) is 11.7 Å². The Morgan fingerprint density at radius 3 is 2.76 bits per heavy atom. The number of carbonyl (C=O) groups excluding carboxylic acids is 1. The Labute approximate surface area is 146 Å². The lowest BCUT2D eigenvalue weighted by Gasteiger charge is -2.28. The van der Waals surface area contributed by atoms with Crippen molar-refractivity contribution in [2.24, 2.45) is 5.92 Å². The van der Waals surface area contributed by atoms with Crippen molar-refractivity contribution in [1.29, 1.82) is 0 Å². The Hall–Kier alpha value is -2.28. The van der Waals surface area contributed by atoms with Gasteiger partial charge in [0.25, 0.3) is 5.91 Å². The average Bonchev–Trinajstić information content (AvgIpc) is 3.33. The third-order valence-electron chi connectivity index (χ3n) is 4.61. The molecule has 1 amide bonds. The summed E-state index contributed by atoms with van der Waals surface area (Å²) >= 11 is 0. The molecule has 1 aliphatic rings. The minimum Gasteiger partial charge on any atom is -0.394 e. The van der Waals surface area contributed by atoms with Gasteiger partial charge in [-0.05, 0) is 43.9 Å². The minimum absolute atomic E-state index is 0.00461. The van der Waals surface area contributed by atoms with Gasteiger partial charge in [0.2, 0.25) is 5.82 Å². The number of nitrogens with one attached hydrogen (secondary N) is 1. The van der Waals surface area contributed by atoms with Crippen LogP contribution in [-0.2, 0) is 0 Å². The molecule has 0 saturated heterocycles. The molecule has 1 unspecified atom stereocenters. The number of amides is 1. The average molecular weight is 346 g/mol. The monoisotopic (exact) mass is 346 g/mol. The van der Waals surface area contributed by atoms with Crippen molar-refractivity contribution < 1.29 is 14.3 Å². The number of hydrogen-bond acceptors (Lipinski definition) is 4. The third-order valence-corrected chi connectivity index (χ3v) is 4.61. The molecule has 1 aliphatic carbocycles. The normalized spacial score (nSPS) is 16.7. The molecule has 1 aromatic carbocycles. The van der Waals surface area contributed by atoms with Crippen molar-refractivity contribution in [2.45, 2.75) is 45.1 Å². The highest BCUT2D eigenvalue weighted by Gasteiger charge is 2.42. The fraction of sp³-hybridized carbons (Fsp3) is 0.500. The number of hydrogen-bond donors (Lipinski definition) is 2. The topological polar surface area (TPSA) is 80.0 Å². The number of nitrogens with zero attached hydrogens (tertiary/aromatic N) is 3. The van der Waals surface area contributed by atoms with Crippen LogP contribution in [0.4, 0.5) is 4.39 Å². The van der Waals surface area contributed by atoms with Crippen LogP contribution in [0.25, 0.3) is 5.69 Å². The molecule has 1 aromatic heterocycles. The first-order valence-corrected chi connectivity index (χ1v) is 8.50. The highest BCUT2D eigenvalue weighted by atomic mass is 19.1. The van der Waals surface area contributed by atoms with E-state index in [9.17, 15) is 14.3 Å². The fourth-order valence-electron chi connectivity index (χ4n) is 2.90. The molecule has 0 bridgehead atoms. The summed E-state index contributed by atoms with van der Waals surface area (Å²) in [6, 6.07) is 6.01. The van der Waals surface area contributed by atoms with Crippen LogP contribution < -0.4 is 5.32 Å². The molecule has 1 fully saturated rings. The zero-order chi connectivity index (χ0) is 18.2. The number of halogens is 1. The lowest BCUT2D eigenvalue weighted by molar-refractivity contribution is 0.0814. The molecule has 1 saturated carbocycles. The van der Waals surface area contributed by atoms with Gasteiger partial charge >= 0.3 is 0 Å². The molecule has 0 radical (unpaired) electrons. The van der Waals surface area contributed by atoms with Gasteiger partial charge in [-0.2, -0.15) is 0 Å². The Bertz CT molecular complexity index is 785. The van der Waals surface area contributed by atoms with Crippen LogP contribution in [0.2, 0.25) is 0 Å². The van der Waals surface area contributed by atoms with Gasteiger partial charge in [-0.3, -0.25) is 4.79 Å². The Kier molecular flexibility index (Phi) is 4.60. The van der Waals surface area contributed by atoms with E-state index in [1.54, 1.807) is 12.1 Å². The molecule has 25 heavy (non-hydrogen) atoms.